The number of anilines is 1. The maximum Gasteiger partial charge on any atom is 0.307 e. The van der Waals surface area contributed by atoms with Gasteiger partial charge in [0, 0.05) is 10.5 Å². The fourth-order valence-corrected chi connectivity index (χ4v) is 3.79. The second-order valence-corrected chi connectivity index (χ2v) is 7.44. The number of para-hydroxylation sites is 1. The smallest absolute Gasteiger partial charge is 0.307 e. The number of aryl methyl sites for hydroxylation is 2. The first-order chi connectivity index (χ1) is 12.4. The van der Waals surface area contributed by atoms with E-state index in [-0.39, 0.29) is 24.7 Å². The highest BCUT2D eigenvalue weighted by molar-refractivity contribution is 8.01. The molecule has 0 radical (unpaired) electrons. The van der Waals surface area contributed by atoms with E-state index in [4.69, 9.17) is 4.74 Å². The first-order valence-corrected chi connectivity index (χ1v) is 9.14. The summed E-state index contributed by atoms with van der Waals surface area (Å²) in [4.78, 5) is 37.4. The van der Waals surface area contributed by atoms with E-state index in [1.807, 2.05) is 50.2 Å². The Balaban J connectivity index is 1.57. The van der Waals surface area contributed by atoms with Gasteiger partial charge in [0.25, 0.3) is 0 Å². The fourth-order valence-electron chi connectivity index (χ4n) is 2.70. The lowest BCUT2D eigenvalue weighted by Gasteiger charge is -2.23. The second-order valence-electron chi connectivity index (χ2n) is 6.20. The van der Waals surface area contributed by atoms with Crippen molar-refractivity contribution in [2.75, 3.05) is 11.9 Å². The predicted molar refractivity (Wildman–Crippen MR) is 101 cm³/mol. The Bertz CT molecular complexity index is 878. The zero-order valence-electron chi connectivity index (χ0n) is 14.6. The molecule has 2 aromatic rings. The largest absolute Gasteiger partial charge is 0.457 e. The highest BCUT2D eigenvalue weighted by Gasteiger charge is 2.29. The van der Waals surface area contributed by atoms with E-state index in [0.717, 1.165) is 21.7 Å². The molecule has 1 heterocycles. The summed E-state index contributed by atoms with van der Waals surface area (Å²) in [6.07, 6.45) is -0.0785. The summed E-state index contributed by atoms with van der Waals surface area (Å²) in [5, 5.41) is 2.22. The van der Waals surface area contributed by atoms with Crippen LogP contribution < -0.4 is 5.32 Å². The molecular formula is C20H19NO4S. The van der Waals surface area contributed by atoms with Gasteiger partial charge in [-0.05, 0) is 37.6 Å². The van der Waals surface area contributed by atoms with Crippen molar-refractivity contribution in [2.24, 2.45) is 0 Å². The molecule has 0 aromatic heterocycles. The molecule has 0 saturated carbocycles. The molecule has 3 rings (SSSR count). The van der Waals surface area contributed by atoms with Crippen molar-refractivity contribution in [1.29, 1.82) is 0 Å². The summed E-state index contributed by atoms with van der Waals surface area (Å²) in [5.41, 5.74) is 3.11. The summed E-state index contributed by atoms with van der Waals surface area (Å²) >= 11 is 1.33. The molecular weight excluding hydrogens is 350 g/mol. The number of hydrogen-bond acceptors (Lipinski definition) is 5. The van der Waals surface area contributed by atoms with Crippen LogP contribution in [0.2, 0.25) is 0 Å². The molecule has 1 aliphatic rings. The molecule has 0 spiro atoms. The van der Waals surface area contributed by atoms with Crippen LogP contribution >= 0.6 is 11.8 Å². The Kier molecular flexibility index (Phi) is 5.42. The van der Waals surface area contributed by atoms with Crippen molar-refractivity contribution < 1.29 is 19.1 Å². The number of ketones is 1. The minimum atomic E-state index is -0.562. The van der Waals surface area contributed by atoms with Gasteiger partial charge in [-0.15, -0.1) is 11.8 Å². The number of fused-ring (bicyclic) bond motifs is 1. The van der Waals surface area contributed by atoms with Gasteiger partial charge in [-0.25, -0.2) is 0 Å². The van der Waals surface area contributed by atoms with Crippen molar-refractivity contribution >= 4 is 35.1 Å². The van der Waals surface area contributed by atoms with Crippen LogP contribution in [0.15, 0.2) is 47.4 Å². The molecule has 2 aromatic carbocycles. The van der Waals surface area contributed by atoms with E-state index in [1.54, 1.807) is 6.07 Å². The maximum absolute atomic E-state index is 12.3. The van der Waals surface area contributed by atoms with Crippen molar-refractivity contribution in [2.45, 2.75) is 30.4 Å². The van der Waals surface area contributed by atoms with E-state index < -0.39 is 11.2 Å². The summed E-state index contributed by atoms with van der Waals surface area (Å²) in [6, 6.07) is 13.0. The Morgan fingerprint density at radius 1 is 1.15 bits per heavy atom. The molecule has 1 amide bonds. The van der Waals surface area contributed by atoms with Gasteiger partial charge in [0.2, 0.25) is 11.7 Å². The Hall–Kier alpha value is -2.60. The van der Waals surface area contributed by atoms with E-state index in [2.05, 4.69) is 5.32 Å². The van der Waals surface area contributed by atoms with E-state index >= 15 is 0 Å². The van der Waals surface area contributed by atoms with Crippen LogP contribution in [0.4, 0.5) is 5.69 Å². The lowest BCUT2D eigenvalue weighted by molar-refractivity contribution is -0.143. The SMILES string of the molecule is Cc1ccc(C)c(C(=O)COC(=O)CC2Sc3ccccc3NC2=O)c1. The Morgan fingerprint density at radius 3 is 2.73 bits per heavy atom. The van der Waals surface area contributed by atoms with Crippen molar-refractivity contribution in [3.8, 4) is 0 Å². The van der Waals surface area contributed by atoms with E-state index in [9.17, 15) is 14.4 Å². The number of rotatable bonds is 5. The average molecular weight is 369 g/mol. The quantitative estimate of drug-likeness (QED) is 0.645. The molecule has 134 valence electrons. The van der Waals surface area contributed by atoms with Crippen LogP contribution in [0.5, 0.6) is 0 Å². The molecule has 1 unspecified atom stereocenters. The molecule has 0 fully saturated rings. The number of carbonyl (C=O) groups excluding carboxylic acids is 3. The van der Waals surface area contributed by atoms with Crippen LogP contribution in [-0.4, -0.2) is 29.5 Å². The van der Waals surface area contributed by atoms with Crippen molar-refractivity contribution in [3.05, 3.63) is 59.2 Å². The van der Waals surface area contributed by atoms with Gasteiger partial charge >= 0.3 is 5.97 Å². The molecule has 1 atom stereocenters. The standard InChI is InChI=1S/C20H19NO4S/c1-12-7-8-13(2)14(9-12)16(22)11-25-19(23)10-18-20(24)21-15-5-3-4-6-17(15)26-18/h3-9,18H,10-11H2,1-2H3,(H,21,24). The topological polar surface area (TPSA) is 72.5 Å². The van der Waals surface area contributed by atoms with E-state index in [1.165, 1.54) is 11.8 Å². The summed E-state index contributed by atoms with van der Waals surface area (Å²) in [5.74, 6) is -1.03. The van der Waals surface area contributed by atoms with Gasteiger partial charge in [-0.3, -0.25) is 14.4 Å². The van der Waals surface area contributed by atoms with Crippen LogP contribution in [-0.2, 0) is 14.3 Å². The van der Waals surface area contributed by atoms with Crippen LogP contribution in [0.1, 0.15) is 27.9 Å². The Morgan fingerprint density at radius 2 is 1.92 bits per heavy atom. The minimum absolute atomic E-state index is 0.0785. The van der Waals surface area contributed by atoms with Gasteiger partial charge in [0.1, 0.15) is 0 Å². The molecule has 1 aliphatic heterocycles. The van der Waals surface area contributed by atoms with Crippen LogP contribution in [0, 0.1) is 13.8 Å². The molecule has 0 saturated heterocycles. The number of hydrogen-bond donors (Lipinski definition) is 1. The third-order valence-electron chi connectivity index (χ3n) is 4.12. The highest BCUT2D eigenvalue weighted by Crippen LogP contribution is 2.36. The second kappa shape index (κ2) is 7.74. The molecule has 0 bridgehead atoms. The number of esters is 1. The summed E-state index contributed by atoms with van der Waals surface area (Å²) in [7, 11) is 0. The van der Waals surface area contributed by atoms with Gasteiger partial charge in [0.05, 0.1) is 17.4 Å². The van der Waals surface area contributed by atoms with Gasteiger partial charge in [-0.2, -0.15) is 0 Å². The summed E-state index contributed by atoms with van der Waals surface area (Å²) < 4.78 is 5.11. The molecule has 6 heteroatoms. The normalized spacial score (nSPS) is 15.8. The first-order valence-electron chi connectivity index (χ1n) is 8.26. The molecule has 26 heavy (non-hydrogen) atoms. The number of carbonyl (C=O) groups is 3. The highest BCUT2D eigenvalue weighted by atomic mass is 32.2. The zero-order valence-corrected chi connectivity index (χ0v) is 15.4. The molecule has 5 nitrogen and oxygen atoms in total. The lowest BCUT2D eigenvalue weighted by atomic mass is 10.0. The van der Waals surface area contributed by atoms with Crippen molar-refractivity contribution in [3.63, 3.8) is 0 Å². The van der Waals surface area contributed by atoms with Crippen LogP contribution in [0.3, 0.4) is 0 Å². The minimum Gasteiger partial charge on any atom is -0.457 e. The fraction of sp³-hybridized carbons (Fsp3) is 0.250. The third kappa shape index (κ3) is 4.14. The number of amides is 1. The number of nitrogens with one attached hydrogen (secondary N) is 1. The Labute approximate surface area is 156 Å². The van der Waals surface area contributed by atoms with E-state index in [0.29, 0.717) is 5.56 Å². The first kappa shape index (κ1) is 18.2. The maximum atomic E-state index is 12.3. The lowest BCUT2D eigenvalue weighted by Crippen LogP contribution is -2.31. The zero-order chi connectivity index (χ0) is 18.7. The van der Waals surface area contributed by atoms with Gasteiger partial charge < -0.3 is 10.1 Å². The third-order valence-corrected chi connectivity index (χ3v) is 5.39. The van der Waals surface area contributed by atoms with Gasteiger partial charge in [0.15, 0.2) is 6.61 Å². The number of benzene rings is 2. The average Bonchev–Trinajstić information content (AvgIpc) is 2.62. The predicted octanol–water partition coefficient (Wildman–Crippen LogP) is 3.53. The van der Waals surface area contributed by atoms with Crippen molar-refractivity contribution in [1.82, 2.24) is 0 Å². The molecule has 1 N–H and O–H groups in total. The molecule has 0 aliphatic carbocycles. The number of Topliss-reactive ketones (excluding diaryl/α,β-unsaturated/α-hetero) is 1. The number of thioether (sulfide) groups is 1. The van der Waals surface area contributed by atoms with Gasteiger partial charge in [-0.1, -0.05) is 29.8 Å². The number of ether oxygens (including phenoxy) is 1. The van der Waals surface area contributed by atoms with Crippen LogP contribution in [0.25, 0.3) is 0 Å². The monoisotopic (exact) mass is 369 g/mol. The summed E-state index contributed by atoms with van der Waals surface area (Å²) in [6.45, 7) is 3.42.